The van der Waals surface area contributed by atoms with Gasteiger partial charge in [0.2, 0.25) is 0 Å². The Kier molecular flexibility index (Phi) is 9.89. The Labute approximate surface area is 164 Å². The van der Waals surface area contributed by atoms with Gasteiger partial charge in [-0.3, -0.25) is 4.99 Å². The average molecular weight is 453 g/mol. The summed E-state index contributed by atoms with van der Waals surface area (Å²) in [6, 6.07) is 0. The van der Waals surface area contributed by atoms with Crippen LogP contribution in [0.4, 0.5) is 0 Å². The number of guanidine groups is 1. The molecule has 0 bridgehead atoms. The van der Waals surface area contributed by atoms with Crippen molar-refractivity contribution in [1.29, 1.82) is 0 Å². The fourth-order valence-electron chi connectivity index (χ4n) is 3.81. The Morgan fingerprint density at radius 1 is 1.04 bits per heavy atom. The summed E-state index contributed by atoms with van der Waals surface area (Å²) >= 11 is 0. The second kappa shape index (κ2) is 10.8. The van der Waals surface area contributed by atoms with Crippen LogP contribution < -0.4 is 10.6 Å². The van der Waals surface area contributed by atoms with Gasteiger partial charge in [0, 0.05) is 31.7 Å². The van der Waals surface area contributed by atoms with Crippen molar-refractivity contribution in [2.75, 3.05) is 39.5 Å². The summed E-state index contributed by atoms with van der Waals surface area (Å²) in [7, 11) is 0. The van der Waals surface area contributed by atoms with Gasteiger partial charge < -0.3 is 20.5 Å². The summed E-state index contributed by atoms with van der Waals surface area (Å²) in [5, 5.41) is 16.7. The Hall–Kier alpha value is -0.0800. The second-order valence-electron chi connectivity index (χ2n) is 7.38. The number of hydrogen-bond donors (Lipinski definition) is 3. The lowest BCUT2D eigenvalue weighted by Crippen LogP contribution is -2.44. The molecule has 1 saturated heterocycles. The molecule has 3 N–H and O–H groups in total. The summed E-state index contributed by atoms with van der Waals surface area (Å²) in [4.78, 5) is 4.79. The summed E-state index contributed by atoms with van der Waals surface area (Å²) < 4.78 is 5.43. The maximum Gasteiger partial charge on any atom is 0.191 e. The van der Waals surface area contributed by atoms with Crippen LogP contribution in [-0.2, 0) is 4.74 Å². The third-order valence-corrected chi connectivity index (χ3v) is 5.85. The molecule has 2 aliphatic rings. The summed E-state index contributed by atoms with van der Waals surface area (Å²) in [5.41, 5.74) is 0.347. The molecule has 1 saturated carbocycles. The van der Waals surface area contributed by atoms with Crippen molar-refractivity contribution >= 4 is 29.9 Å². The summed E-state index contributed by atoms with van der Waals surface area (Å²) in [6.07, 6.45) is 8.39. The zero-order valence-corrected chi connectivity index (χ0v) is 17.7. The first kappa shape index (κ1) is 22.0. The second-order valence-corrected chi connectivity index (χ2v) is 7.38. The molecule has 0 aromatic rings. The lowest BCUT2D eigenvalue weighted by Gasteiger charge is -2.34. The van der Waals surface area contributed by atoms with Gasteiger partial charge in [-0.25, -0.2) is 0 Å². The molecule has 142 valence electrons. The molecule has 0 aromatic carbocycles. The number of halogens is 1. The van der Waals surface area contributed by atoms with Gasteiger partial charge in [-0.2, -0.15) is 0 Å². The highest BCUT2D eigenvalue weighted by atomic mass is 127. The van der Waals surface area contributed by atoms with E-state index in [0.717, 1.165) is 45.1 Å². The largest absolute Gasteiger partial charge is 0.396 e. The van der Waals surface area contributed by atoms with Crippen LogP contribution in [0.15, 0.2) is 4.99 Å². The van der Waals surface area contributed by atoms with Crippen molar-refractivity contribution in [2.45, 2.75) is 58.8 Å². The predicted octanol–water partition coefficient (Wildman–Crippen LogP) is 2.92. The SMILES string of the molecule is CCNC(=NCC1(CO)CCOCC1)NCC1(CC)CCCC1.I. The van der Waals surface area contributed by atoms with Crippen molar-refractivity contribution in [2.24, 2.45) is 15.8 Å². The maximum atomic E-state index is 9.80. The van der Waals surface area contributed by atoms with Crippen LogP contribution in [0.1, 0.15) is 58.8 Å². The number of aliphatic hydroxyl groups is 1. The molecule has 1 heterocycles. The third kappa shape index (κ3) is 6.02. The van der Waals surface area contributed by atoms with Gasteiger partial charge in [-0.1, -0.05) is 19.8 Å². The zero-order valence-electron chi connectivity index (χ0n) is 15.4. The van der Waals surface area contributed by atoms with E-state index in [2.05, 4.69) is 24.5 Å². The van der Waals surface area contributed by atoms with E-state index in [-0.39, 0.29) is 36.0 Å². The highest BCUT2D eigenvalue weighted by Crippen LogP contribution is 2.40. The maximum absolute atomic E-state index is 9.80. The summed E-state index contributed by atoms with van der Waals surface area (Å²) in [5.74, 6) is 0.895. The molecule has 6 heteroatoms. The molecule has 0 spiro atoms. The number of nitrogens with zero attached hydrogens (tertiary/aromatic N) is 1. The molecule has 2 rings (SSSR count). The molecule has 5 nitrogen and oxygen atoms in total. The van der Waals surface area contributed by atoms with Gasteiger partial charge in [-0.05, 0) is 44.4 Å². The number of aliphatic hydroxyl groups excluding tert-OH is 1. The normalized spacial score (nSPS) is 22.7. The first-order valence-electron chi connectivity index (χ1n) is 9.38. The highest BCUT2D eigenvalue weighted by Gasteiger charge is 2.33. The van der Waals surface area contributed by atoms with Crippen molar-refractivity contribution in [3.63, 3.8) is 0 Å². The molecular formula is C18H36IN3O2. The van der Waals surface area contributed by atoms with Crippen LogP contribution in [0.25, 0.3) is 0 Å². The standard InChI is InChI=1S/C18H35N3O2.HI/c1-3-17(7-5-6-8-17)13-20-16(19-4-2)21-14-18(15-22)9-11-23-12-10-18;/h22H,3-15H2,1-2H3,(H2,19,20,21);1H. The molecule has 0 amide bonds. The van der Waals surface area contributed by atoms with E-state index in [1.54, 1.807) is 0 Å². The van der Waals surface area contributed by atoms with Crippen LogP contribution in [0.5, 0.6) is 0 Å². The fraction of sp³-hybridized carbons (Fsp3) is 0.944. The molecule has 1 aliphatic heterocycles. The Bertz CT molecular complexity index is 378. The zero-order chi connectivity index (χ0) is 16.6. The van der Waals surface area contributed by atoms with E-state index in [1.165, 1.54) is 32.1 Å². The van der Waals surface area contributed by atoms with E-state index in [1.807, 2.05) is 0 Å². The predicted molar refractivity (Wildman–Crippen MR) is 110 cm³/mol. The van der Waals surface area contributed by atoms with Gasteiger partial charge in [0.15, 0.2) is 5.96 Å². The Balaban J connectivity index is 0.00000288. The van der Waals surface area contributed by atoms with Gasteiger partial charge in [0.25, 0.3) is 0 Å². The van der Waals surface area contributed by atoms with E-state index >= 15 is 0 Å². The van der Waals surface area contributed by atoms with Crippen LogP contribution in [0.2, 0.25) is 0 Å². The van der Waals surface area contributed by atoms with Crippen molar-refractivity contribution in [3.05, 3.63) is 0 Å². The van der Waals surface area contributed by atoms with Gasteiger partial charge in [-0.15, -0.1) is 24.0 Å². The number of rotatable bonds is 7. The van der Waals surface area contributed by atoms with Gasteiger partial charge >= 0.3 is 0 Å². The molecule has 0 atom stereocenters. The van der Waals surface area contributed by atoms with Crippen molar-refractivity contribution in [3.8, 4) is 0 Å². The molecule has 0 radical (unpaired) electrons. The number of aliphatic imine (C=N–C) groups is 1. The van der Waals surface area contributed by atoms with Gasteiger partial charge in [0.1, 0.15) is 0 Å². The lowest BCUT2D eigenvalue weighted by atomic mass is 9.81. The quantitative estimate of drug-likeness (QED) is 0.315. The Morgan fingerprint density at radius 2 is 1.71 bits per heavy atom. The van der Waals surface area contributed by atoms with Crippen LogP contribution >= 0.6 is 24.0 Å². The third-order valence-electron chi connectivity index (χ3n) is 5.85. The number of hydrogen-bond acceptors (Lipinski definition) is 3. The molecule has 1 aliphatic carbocycles. The molecule has 2 fully saturated rings. The Morgan fingerprint density at radius 3 is 2.25 bits per heavy atom. The van der Waals surface area contributed by atoms with Crippen LogP contribution in [0, 0.1) is 10.8 Å². The lowest BCUT2D eigenvalue weighted by molar-refractivity contribution is -0.0106. The molecular weight excluding hydrogens is 417 g/mol. The number of ether oxygens (including phenoxy) is 1. The first-order chi connectivity index (χ1) is 11.2. The molecule has 24 heavy (non-hydrogen) atoms. The average Bonchev–Trinajstić information content (AvgIpc) is 3.08. The minimum absolute atomic E-state index is 0. The van der Waals surface area contributed by atoms with Crippen molar-refractivity contribution in [1.82, 2.24) is 10.6 Å². The molecule has 0 aromatic heterocycles. The van der Waals surface area contributed by atoms with Crippen molar-refractivity contribution < 1.29 is 9.84 Å². The smallest absolute Gasteiger partial charge is 0.191 e. The van der Waals surface area contributed by atoms with E-state index in [9.17, 15) is 5.11 Å². The van der Waals surface area contributed by atoms with Crippen LogP contribution in [0.3, 0.4) is 0 Å². The minimum Gasteiger partial charge on any atom is -0.396 e. The highest BCUT2D eigenvalue weighted by molar-refractivity contribution is 14.0. The van der Waals surface area contributed by atoms with E-state index in [0.29, 0.717) is 12.0 Å². The van der Waals surface area contributed by atoms with Crippen LogP contribution in [-0.4, -0.2) is 50.5 Å². The van der Waals surface area contributed by atoms with E-state index < -0.39 is 0 Å². The monoisotopic (exact) mass is 453 g/mol. The fourth-order valence-corrected chi connectivity index (χ4v) is 3.81. The van der Waals surface area contributed by atoms with E-state index in [4.69, 9.17) is 9.73 Å². The first-order valence-corrected chi connectivity index (χ1v) is 9.38. The topological polar surface area (TPSA) is 65.9 Å². The number of nitrogens with one attached hydrogen (secondary N) is 2. The summed E-state index contributed by atoms with van der Waals surface area (Å²) in [6.45, 7) is 8.60. The minimum atomic E-state index is -0.101. The molecule has 0 unspecified atom stereocenters. The van der Waals surface area contributed by atoms with Gasteiger partial charge in [0.05, 0.1) is 13.2 Å².